The first-order valence-electron chi connectivity index (χ1n) is 10.8. The van der Waals surface area contributed by atoms with E-state index in [-0.39, 0.29) is 0 Å². The number of guanidine groups is 1. The molecule has 1 fully saturated rings. The fraction of sp³-hybridized carbons (Fsp3) is 0.250. The van der Waals surface area contributed by atoms with Crippen LogP contribution in [-0.2, 0) is 0 Å². The fourth-order valence-corrected chi connectivity index (χ4v) is 3.99. The number of hydrogen-bond donors (Lipinski definition) is 2. The second kappa shape index (κ2) is 10.6. The lowest BCUT2D eigenvalue weighted by Crippen LogP contribution is -2.51. The SMILES string of the molecule is Cc1cc(C)nc(N/C(=N/C(=S)Nc2ccccc2)N2CCN(c3ccc(Cl)cc3)CC2)n1. The van der Waals surface area contributed by atoms with Crippen LogP contribution < -0.4 is 15.5 Å². The zero-order valence-electron chi connectivity index (χ0n) is 18.6. The molecule has 2 N–H and O–H groups in total. The third-order valence-electron chi connectivity index (χ3n) is 5.21. The lowest BCUT2D eigenvalue weighted by Gasteiger charge is -2.37. The summed E-state index contributed by atoms with van der Waals surface area (Å²) in [6.45, 7) is 7.12. The zero-order valence-corrected chi connectivity index (χ0v) is 20.2. The van der Waals surface area contributed by atoms with E-state index in [4.69, 9.17) is 28.8 Å². The summed E-state index contributed by atoms with van der Waals surface area (Å²) in [7, 11) is 0. The molecule has 170 valence electrons. The molecule has 0 amide bonds. The van der Waals surface area contributed by atoms with Gasteiger partial charge in [0, 0.05) is 54.0 Å². The van der Waals surface area contributed by atoms with Crippen LogP contribution in [0.2, 0.25) is 5.02 Å². The molecule has 7 nitrogen and oxygen atoms in total. The van der Waals surface area contributed by atoms with E-state index in [0.717, 1.165) is 54.0 Å². The summed E-state index contributed by atoms with van der Waals surface area (Å²) in [4.78, 5) is 18.2. The van der Waals surface area contributed by atoms with Crippen molar-refractivity contribution >= 4 is 52.2 Å². The summed E-state index contributed by atoms with van der Waals surface area (Å²) in [5.41, 5.74) is 3.83. The summed E-state index contributed by atoms with van der Waals surface area (Å²) in [6, 6.07) is 19.6. The number of piperazine rings is 1. The van der Waals surface area contributed by atoms with E-state index in [2.05, 4.69) is 30.4 Å². The van der Waals surface area contributed by atoms with Crippen molar-refractivity contribution in [3.8, 4) is 0 Å². The minimum absolute atomic E-state index is 0.369. The van der Waals surface area contributed by atoms with Gasteiger partial charge in [0.2, 0.25) is 17.0 Å². The molecule has 4 rings (SSSR count). The number of rotatable bonds is 3. The van der Waals surface area contributed by atoms with Crippen LogP contribution in [0.25, 0.3) is 0 Å². The van der Waals surface area contributed by atoms with E-state index in [0.29, 0.717) is 17.0 Å². The molecule has 1 aliphatic rings. The molecule has 2 heterocycles. The van der Waals surface area contributed by atoms with Gasteiger partial charge in [-0.1, -0.05) is 29.8 Å². The zero-order chi connectivity index (χ0) is 23.2. The number of thiocarbonyl (C=S) groups is 1. The Morgan fingerprint density at radius 3 is 2.18 bits per heavy atom. The Bertz CT molecular complexity index is 1110. The smallest absolute Gasteiger partial charge is 0.229 e. The standard InChI is InChI=1S/C24H26ClN7S/c1-17-16-18(2)27-22(26-17)29-23(30-24(33)28-20-6-4-3-5-7-20)32-14-12-31(13-15-32)21-10-8-19(25)9-11-21/h3-11,16H,12-15H2,1-2H3,(H2,26,27,28,29,30,33). The van der Waals surface area contributed by atoms with Crippen LogP contribution in [0.1, 0.15) is 11.4 Å². The second-order valence-electron chi connectivity index (χ2n) is 7.78. The van der Waals surface area contributed by atoms with Crippen molar-refractivity contribution in [2.24, 2.45) is 4.99 Å². The predicted molar refractivity (Wildman–Crippen MR) is 140 cm³/mol. The minimum atomic E-state index is 0.369. The first-order chi connectivity index (χ1) is 16.0. The topological polar surface area (TPSA) is 68.7 Å². The van der Waals surface area contributed by atoms with Gasteiger partial charge < -0.3 is 15.1 Å². The lowest BCUT2D eigenvalue weighted by molar-refractivity contribution is 0.385. The summed E-state index contributed by atoms with van der Waals surface area (Å²) >= 11 is 11.6. The van der Waals surface area contributed by atoms with Crippen molar-refractivity contribution in [2.75, 3.05) is 41.7 Å². The van der Waals surface area contributed by atoms with Crippen molar-refractivity contribution in [1.29, 1.82) is 0 Å². The van der Waals surface area contributed by atoms with Gasteiger partial charge in [0.15, 0.2) is 0 Å². The van der Waals surface area contributed by atoms with Gasteiger partial charge in [-0.15, -0.1) is 0 Å². The molecule has 0 bridgehead atoms. The average Bonchev–Trinajstić information content (AvgIpc) is 2.79. The molecule has 1 aliphatic heterocycles. The Morgan fingerprint density at radius 1 is 0.909 bits per heavy atom. The number of nitrogens with zero attached hydrogens (tertiary/aromatic N) is 5. The molecule has 0 aliphatic carbocycles. The van der Waals surface area contributed by atoms with Gasteiger partial charge in [-0.25, -0.2) is 9.97 Å². The molecule has 0 radical (unpaired) electrons. The first-order valence-corrected chi connectivity index (χ1v) is 11.5. The van der Waals surface area contributed by atoms with Crippen molar-refractivity contribution < 1.29 is 0 Å². The number of halogens is 1. The van der Waals surface area contributed by atoms with E-state index in [9.17, 15) is 0 Å². The van der Waals surface area contributed by atoms with E-state index in [1.165, 1.54) is 0 Å². The highest BCUT2D eigenvalue weighted by Crippen LogP contribution is 2.20. The van der Waals surface area contributed by atoms with Crippen LogP contribution in [-0.4, -0.2) is 52.1 Å². The number of hydrogen-bond acceptors (Lipinski definition) is 4. The molecule has 2 aromatic carbocycles. The van der Waals surface area contributed by atoms with E-state index in [1.54, 1.807) is 0 Å². The quantitative estimate of drug-likeness (QED) is 0.319. The van der Waals surface area contributed by atoms with Gasteiger partial charge in [-0.2, -0.15) is 4.99 Å². The number of anilines is 3. The molecule has 1 aromatic heterocycles. The maximum Gasteiger partial charge on any atom is 0.229 e. The monoisotopic (exact) mass is 479 g/mol. The fourth-order valence-electron chi connectivity index (χ4n) is 3.66. The van der Waals surface area contributed by atoms with Crippen LogP contribution in [0.15, 0.2) is 65.7 Å². The molecule has 0 spiro atoms. The molecule has 33 heavy (non-hydrogen) atoms. The van der Waals surface area contributed by atoms with Crippen LogP contribution >= 0.6 is 23.8 Å². The number of aryl methyl sites for hydroxylation is 2. The van der Waals surface area contributed by atoms with Crippen LogP contribution in [0.3, 0.4) is 0 Å². The highest BCUT2D eigenvalue weighted by molar-refractivity contribution is 7.80. The second-order valence-corrected chi connectivity index (χ2v) is 8.60. The third-order valence-corrected chi connectivity index (χ3v) is 5.65. The third kappa shape index (κ3) is 6.40. The molecular weight excluding hydrogens is 454 g/mol. The van der Waals surface area contributed by atoms with Gasteiger partial charge in [0.25, 0.3) is 0 Å². The molecule has 0 saturated carbocycles. The summed E-state index contributed by atoms with van der Waals surface area (Å²) < 4.78 is 0. The number of aromatic nitrogens is 2. The van der Waals surface area contributed by atoms with Crippen molar-refractivity contribution in [3.05, 3.63) is 77.1 Å². The van der Waals surface area contributed by atoms with E-state index >= 15 is 0 Å². The van der Waals surface area contributed by atoms with Gasteiger partial charge in [-0.3, -0.25) is 5.32 Å². The van der Waals surface area contributed by atoms with Crippen molar-refractivity contribution in [3.63, 3.8) is 0 Å². The van der Waals surface area contributed by atoms with E-state index < -0.39 is 0 Å². The molecule has 9 heteroatoms. The van der Waals surface area contributed by atoms with Gasteiger partial charge >= 0.3 is 0 Å². The molecule has 3 aromatic rings. The maximum absolute atomic E-state index is 6.04. The average molecular weight is 480 g/mol. The Kier molecular flexibility index (Phi) is 7.36. The number of aliphatic imine (C=N–C) groups is 1. The first kappa shape index (κ1) is 22.9. The van der Waals surface area contributed by atoms with Gasteiger partial charge in [0.1, 0.15) is 0 Å². The predicted octanol–water partition coefficient (Wildman–Crippen LogP) is 4.73. The Balaban J connectivity index is 1.51. The van der Waals surface area contributed by atoms with E-state index in [1.807, 2.05) is 74.5 Å². The minimum Gasteiger partial charge on any atom is -0.368 e. The van der Waals surface area contributed by atoms with Crippen LogP contribution in [0.5, 0.6) is 0 Å². The molecular formula is C24H26ClN7S. The van der Waals surface area contributed by atoms with Crippen LogP contribution in [0.4, 0.5) is 17.3 Å². The van der Waals surface area contributed by atoms with Gasteiger partial charge in [0.05, 0.1) is 0 Å². The highest BCUT2D eigenvalue weighted by atomic mass is 35.5. The van der Waals surface area contributed by atoms with Gasteiger partial charge in [-0.05, 0) is 68.5 Å². The van der Waals surface area contributed by atoms with Crippen molar-refractivity contribution in [1.82, 2.24) is 14.9 Å². The summed E-state index contributed by atoms with van der Waals surface area (Å²) in [5, 5.41) is 7.58. The Labute approximate surface area is 204 Å². The Morgan fingerprint density at radius 2 is 1.55 bits per heavy atom. The molecule has 0 unspecified atom stereocenters. The number of benzene rings is 2. The summed E-state index contributed by atoms with van der Waals surface area (Å²) in [5.74, 6) is 1.14. The molecule has 1 saturated heterocycles. The highest BCUT2D eigenvalue weighted by Gasteiger charge is 2.21. The number of para-hydroxylation sites is 1. The summed E-state index contributed by atoms with van der Waals surface area (Å²) in [6.07, 6.45) is 0. The lowest BCUT2D eigenvalue weighted by atomic mass is 10.2. The largest absolute Gasteiger partial charge is 0.368 e. The normalized spacial score (nSPS) is 14.2. The maximum atomic E-state index is 6.04. The van der Waals surface area contributed by atoms with Crippen molar-refractivity contribution in [2.45, 2.75) is 13.8 Å². The van der Waals surface area contributed by atoms with Crippen LogP contribution in [0, 0.1) is 13.8 Å². The number of nitrogens with one attached hydrogen (secondary N) is 2. The molecule has 0 atom stereocenters. The Hall–Kier alpha value is -3.23.